The van der Waals surface area contributed by atoms with Gasteiger partial charge >= 0.3 is 5.97 Å². The van der Waals surface area contributed by atoms with E-state index in [0.717, 1.165) is 23.3 Å². The number of carbonyl (C=O) groups excluding carboxylic acids is 1. The van der Waals surface area contributed by atoms with Crippen LogP contribution in [0.1, 0.15) is 49.5 Å². The predicted molar refractivity (Wildman–Crippen MR) is 84.3 cm³/mol. The van der Waals surface area contributed by atoms with Crippen LogP contribution in [0.25, 0.3) is 0 Å². The van der Waals surface area contributed by atoms with Crippen LogP contribution in [0.2, 0.25) is 0 Å². The Balaban J connectivity index is 2.35. The summed E-state index contributed by atoms with van der Waals surface area (Å²) in [5, 5.41) is 9.50. The molecule has 0 aromatic heterocycles. The van der Waals surface area contributed by atoms with Gasteiger partial charge in [-0.05, 0) is 56.4 Å². The minimum atomic E-state index is -0.904. The summed E-state index contributed by atoms with van der Waals surface area (Å²) in [6.45, 7) is 5.41. The number of ketones is 1. The van der Waals surface area contributed by atoms with Crippen molar-refractivity contribution >= 4 is 11.8 Å². The average Bonchev–Trinajstić information content (AvgIpc) is 2.49. The first kappa shape index (κ1) is 16.5. The van der Waals surface area contributed by atoms with Crippen LogP contribution >= 0.6 is 0 Å². The predicted octanol–water partition coefficient (Wildman–Crippen LogP) is 3.58. The smallest absolute Gasteiger partial charge is 0.309 e. The fraction of sp³-hybridized carbons (Fsp3) is 0.556. The van der Waals surface area contributed by atoms with Crippen LogP contribution in [0.5, 0.6) is 5.75 Å². The van der Waals surface area contributed by atoms with Crippen molar-refractivity contribution in [3.8, 4) is 5.75 Å². The molecule has 0 saturated carbocycles. The molecule has 4 nitrogen and oxygen atoms in total. The van der Waals surface area contributed by atoms with Crippen molar-refractivity contribution in [3.63, 3.8) is 0 Å². The number of aryl methyl sites for hydroxylation is 1. The third-order valence-corrected chi connectivity index (χ3v) is 5.04. The highest BCUT2D eigenvalue weighted by molar-refractivity contribution is 6.00. The van der Waals surface area contributed by atoms with Crippen LogP contribution in [0.4, 0.5) is 0 Å². The average molecular weight is 304 g/mol. The number of fused-ring (bicyclic) bond motifs is 1. The minimum Gasteiger partial charge on any atom is -0.497 e. The van der Waals surface area contributed by atoms with Gasteiger partial charge in [-0.2, -0.15) is 0 Å². The molecular weight excluding hydrogens is 280 g/mol. The number of carboxylic acid groups (broad SMARTS) is 1. The maximum Gasteiger partial charge on any atom is 0.309 e. The largest absolute Gasteiger partial charge is 0.497 e. The third kappa shape index (κ3) is 2.74. The molecule has 0 radical (unpaired) electrons. The maximum absolute atomic E-state index is 12.9. The van der Waals surface area contributed by atoms with E-state index in [1.54, 1.807) is 27.0 Å². The van der Waals surface area contributed by atoms with Crippen molar-refractivity contribution in [1.82, 2.24) is 0 Å². The first-order valence-electron chi connectivity index (χ1n) is 7.77. The fourth-order valence-corrected chi connectivity index (χ4v) is 3.63. The maximum atomic E-state index is 12.9. The van der Waals surface area contributed by atoms with Crippen LogP contribution < -0.4 is 4.74 Å². The van der Waals surface area contributed by atoms with Crippen LogP contribution in [-0.2, 0) is 11.2 Å². The molecule has 0 fully saturated rings. The minimum absolute atomic E-state index is 0.0741. The van der Waals surface area contributed by atoms with Gasteiger partial charge in [0.25, 0.3) is 0 Å². The molecule has 2 atom stereocenters. The van der Waals surface area contributed by atoms with E-state index in [1.807, 2.05) is 19.1 Å². The summed E-state index contributed by atoms with van der Waals surface area (Å²) in [4.78, 5) is 24.4. The van der Waals surface area contributed by atoms with Crippen molar-refractivity contribution in [2.24, 2.45) is 17.3 Å². The molecule has 1 aliphatic rings. The zero-order valence-electron chi connectivity index (χ0n) is 13.7. The van der Waals surface area contributed by atoms with Gasteiger partial charge in [0.1, 0.15) is 5.75 Å². The number of ether oxygens (including phenoxy) is 1. The molecule has 0 saturated heterocycles. The molecule has 0 bridgehead atoms. The van der Waals surface area contributed by atoms with Crippen LogP contribution in [0.3, 0.4) is 0 Å². The highest BCUT2D eigenvalue weighted by Crippen LogP contribution is 2.42. The number of rotatable bonds is 5. The van der Waals surface area contributed by atoms with E-state index in [2.05, 4.69) is 0 Å². The Morgan fingerprint density at radius 2 is 2.14 bits per heavy atom. The highest BCUT2D eigenvalue weighted by Gasteiger charge is 2.44. The molecule has 0 amide bonds. The Hall–Kier alpha value is -1.84. The van der Waals surface area contributed by atoms with E-state index >= 15 is 0 Å². The van der Waals surface area contributed by atoms with E-state index in [9.17, 15) is 14.7 Å². The second-order valence-corrected chi connectivity index (χ2v) is 6.57. The molecule has 4 heteroatoms. The number of aliphatic carboxylic acids is 1. The standard InChI is InChI=1S/C18H24O4/c1-5-15(18(2,3)17(20)21)14-8-6-11-10-12(22-4)7-9-13(11)16(14)19/h7,9-10,14-15H,5-6,8H2,1-4H3,(H,20,21)/t14-,15+/m1/s1. The van der Waals surface area contributed by atoms with E-state index in [0.29, 0.717) is 12.8 Å². The molecule has 1 aromatic carbocycles. The lowest BCUT2D eigenvalue weighted by Crippen LogP contribution is -2.41. The second kappa shape index (κ2) is 6.11. The van der Waals surface area contributed by atoms with Crippen molar-refractivity contribution in [3.05, 3.63) is 29.3 Å². The van der Waals surface area contributed by atoms with E-state index in [4.69, 9.17) is 4.74 Å². The summed E-state index contributed by atoms with van der Waals surface area (Å²) < 4.78 is 5.21. The number of hydrogen-bond acceptors (Lipinski definition) is 3. The van der Waals surface area contributed by atoms with Gasteiger partial charge in [0.05, 0.1) is 12.5 Å². The van der Waals surface area contributed by atoms with E-state index in [1.165, 1.54) is 0 Å². The zero-order chi connectivity index (χ0) is 16.5. The van der Waals surface area contributed by atoms with E-state index in [-0.39, 0.29) is 17.6 Å². The normalized spacial score (nSPS) is 19.5. The van der Waals surface area contributed by atoms with Crippen molar-refractivity contribution in [2.75, 3.05) is 7.11 Å². The molecular formula is C18H24O4. The Labute approximate surface area is 131 Å². The lowest BCUT2D eigenvalue weighted by molar-refractivity contribution is -0.151. The summed E-state index contributed by atoms with van der Waals surface area (Å²) in [5.74, 6) is -0.398. The molecule has 0 heterocycles. The number of carboxylic acids is 1. The molecule has 0 spiro atoms. The molecule has 1 N–H and O–H groups in total. The fourth-order valence-electron chi connectivity index (χ4n) is 3.63. The Morgan fingerprint density at radius 1 is 1.45 bits per heavy atom. The topological polar surface area (TPSA) is 63.6 Å². The van der Waals surface area contributed by atoms with Gasteiger partial charge in [0.2, 0.25) is 0 Å². The first-order chi connectivity index (χ1) is 10.3. The molecule has 1 aliphatic carbocycles. The summed E-state index contributed by atoms with van der Waals surface area (Å²) >= 11 is 0. The lowest BCUT2D eigenvalue weighted by Gasteiger charge is -2.37. The molecule has 0 unspecified atom stereocenters. The van der Waals surface area contributed by atoms with Gasteiger partial charge in [-0.15, -0.1) is 0 Å². The number of methoxy groups -OCH3 is 1. The van der Waals surface area contributed by atoms with Gasteiger partial charge in [-0.1, -0.05) is 13.3 Å². The van der Waals surface area contributed by atoms with Gasteiger partial charge in [0.15, 0.2) is 5.78 Å². The Morgan fingerprint density at radius 3 is 2.68 bits per heavy atom. The summed E-state index contributed by atoms with van der Waals surface area (Å²) in [5.41, 5.74) is 0.819. The first-order valence-corrected chi connectivity index (χ1v) is 7.77. The van der Waals surface area contributed by atoms with Gasteiger partial charge in [-0.25, -0.2) is 0 Å². The van der Waals surface area contributed by atoms with Gasteiger partial charge in [-0.3, -0.25) is 9.59 Å². The molecule has 2 rings (SSSR count). The number of Topliss-reactive ketones (excluding diaryl/α,β-unsaturated/α-hetero) is 1. The van der Waals surface area contributed by atoms with E-state index < -0.39 is 11.4 Å². The van der Waals surface area contributed by atoms with Crippen molar-refractivity contribution in [2.45, 2.75) is 40.0 Å². The Kier molecular flexibility index (Phi) is 4.59. The van der Waals surface area contributed by atoms with Crippen LogP contribution in [0.15, 0.2) is 18.2 Å². The summed E-state index contributed by atoms with van der Waals surface area (Å²) in [6.07, 6.45) is 2.17. The molecule has 120 valence electrons. The number of benzene rings is 1. The number of carbonyl (C=O) groups is 2. The third-order valence-electron chi connectivity index (χ3n) is 5.04. The number of hydrogen-bond donors (Lipinski definition) is 1. The van der Waals surface area contributed by atoms with Crippen LogP contribution in [-0.4, -0.2) is 24.0 Å². The highest BCUT2D eigenvalue weighted by atomic mass is 16.5. The lowest BCUT2D eigenvalue weighted by atomic mass is 9.65. The van der Waals surface area contributed by atoms with Gasteiger partial charge < -0.3 is 9.84 Å². The molecule has 22 heavy (non-hydrogen) atoms. The van der Waals surface area contributed by atoms with Crippen molar-refractivity contribution < 1.29 is 19.4 Å². The summed E-state index contributed by atoms with van der Waals surface area (Å²) in [6, 6.07) is 5.51. The van der Waals surface area contributed by atoms with Gasteiger partial charge in [0, 0.05) is 11.5 Å². The SMILES string of the molecule is CC[C@@H]([C@H]1CCc2cc(OC)ccc2C1=O)C(C)(C)C(=O)O. The van der Waals surface area contributed by atoms with Crippen LogP contribution in [0, 0.1) is 17.3 Å². The second-order valence-electron chi connectivity index (χ2n) is 6.57. The summed E-state index contributed by atoms with van der Waals surface area (Å²) in [7, 11) is 1.61. The Bertz CT molecular complexity index is 589. The van der Waals surface area contributed by atoms with Crippen molar-refractivity contribution in [1.29, 1.82) is 0 Å². The molecule has 1 aromatic rings. The molecule has 0 aliphatic heterocycles. The monoisotopic (exact) mass is 304 g/mol. The zero-order valence-corrected chi connectivity index (χ0v) is 13.7. The quantitative estimate of drug-likeness (QED) is 0.903.